The van der Waals surface area contributed by atoms with Crippen molar-refractivity contribution in [2.45, 2.75) is 32.0 Å². The average Bonchev–Trinajstić information content (AvgIpc) is 3.59. The van der Waals surface area contributed by atoms with Crippen LogP contribution in [0.1, 0.15) is 41.1 Å². The third-order valence-corrected chi connectivity index (χ3v) is 8.68. The third-order valence-electron chi connectivity index (χ3n) is 7.14. The molecular weight excluding hydrogens is 562 g/mol. The van der Waals surface area contributed by atoms with Gasteiger partial charge in [-0.1, -0.05) is 29.8 Å². The number of carbonyl (C=O) groups excluding carboxylic acids is 1. The average molecular weight is 590 g/mol. The maximum atomic E-state index is 12.4. The molecule has 1 fully saturated rings. The third kappa shape index (κ3) is 5.58. The lowest BCUT2D eigenvalue weighted by Gasteiger charge is -2.25. The van der Waals surface area contributed by atoms with Crippen LogP contribution in [0.25, 0.3) is 27.2 Å². The molecule has 3 aromatic heterocycles. The number of hydrogen-bond donors (Lipinski definition) is 2. The predicted molar refractivity (Wildman–Crippen MR) is 159 cm³/mol. The molecular formula is C30H28ClN5O4S. The second kappa shape index (κ2) is 11.4. The van der Waals surface area contributed by atoms with E-state index in [1.807, 2.05) is 47.9 Å². The van der Waals surface area contributed by atoms with Crippen molar-refractivity contribution in [3.8, 4) is 27.6 Å². The van der Waals surface area contributed by atoms with Crippen LogP contribution in [0.15, 0.2) is 73.3 Å². The van der Waals surface area contributed by atoms with Crippen LogP contribution < -0.4 is 25.3 Å². The van der Waals surface area contributed by atoms with Gasteiger partial charge in [0.15, 0.2) is 12.4 Å². The number of imidazole rings is 1. The Hall–Kier alpha value is -4.12. The number of thiophene rings is 1. The van der Waals surface area contributed by atoms with Crippen LogP contribution in [0.5, 0.6) is 11.5 Å². The number of benzene rings is 2. The zero-order valence-electron chi connectivity index (χ0n) is 22.2. The topological polar surface area (TPSA) is 118 Å². The van der Waals surface area contributed by atoms with E-state index in [1.54, 1.807) is 24.5 Å². The highest BCUT2D eigenvalue weighted by Crippen LogP contribution is 2.39. The zero-order valence-corrected chi connectivity index (χ0v) is 23.8. The second-order valence-corrected chi connectivity index (χ2v) is 11.3. The van der Waals surface area contributed by atoms with Crippen molar-refractivity contribution in [1.29, 1.82) is 0 Å². The number of nitrogens with one attached hydrogen (secondary N) is 1. The molecule has 0 spiro atoms. The first-order valence-electron chi connectivity index (χ1n) is 13.3. The van der Waals surface area contributed by atoms with Gasteiger partial charge in [-0.3, -0.25) is 9.36 Å². The normalized spacial score (nSPS) is 14.7. The number of ether oxygens (including phenoxy) is 2. The van der Waals surface area contributed by atoms with E-state index in [1.165, 1.54) is 23.7 Å². The fourth-order valence-corrected chi connectivity index (χ4v) is 6.24. The van der Waals surface area contributed by atoms with E-state index in [4.69, 9.17) is 26.8 Å². The molecule has 4 heterocycles. The molecule has 9 nitrogen and oxygen atoms in total. The Morgan fingerprint density at radius 1 is 1.15 bits per heavy atom. The van der Waals surface area contributed by atoms with Crippen LogP contribution >= 0.6 is 22.9 Å². The van der Waals surface area contributed by atoms with E-state index in [0.29, 0.717) is 21.4 Å². The summed E-state index contributed by atoms with van der Waals surface area (Å²) in [7, 11) is 0. The molecule has 0 radical (unpaired) electrons. The Morgan fingerprint density at radius 3 is 2.68 bits per heavy atom. The highest BCUT2D eigenvalue weighted by molar-refractivity contribution is 7.16. The number of piperidine rings is 1. The van der Waals surface area contributed by atoms with Crippen molar-refractivity contribution in [3.63, 3.8) is 0 Å². The molecule has 2 aromatic carbocycles. The number of rotatable bonds is 8. The maximum Gasteiger partial charge on any atom is 0.262 e. The van der Waals surface area contributed by atoms with Crippen LogP contribution in [-0.4, -0.2) is 34.7 Å². The smallest absolute Gasteiger partial charge is 0.262 e. The van der Waals surface area contributed by atoms with Gasteiger partial charge >= 0.3 is 0 Å². The fourth-order valence-electron chi connectivity index (χ4n) is 4.99. The number of aromatic nitrogens is 3. The largest absolute Gasteiger partial charge is 0.619 e. The molecule has 1 amide bonds. The molecule has 11 heteroatoms. The number of pyridine rings is 1. The van der Waals surface area contributed by atoms with Crippen molar-refractivity contribution in [2.75, 3.05) is 13.1 Å². The molecule has 0 saturated carbocycles. The number of nitrogens with zero attached hydrogens (tertiary/aromatic N) is 3. The van der Waals surface area contributed by atoms with E-state index >= 15 is 0 Å². The number of nitrogens with two attached hydrogens (primary N) is 1. The van der Waals surface area contributed by atoms with Crippen molar-refractivity contribution >= 4 is 39.9 Å². The minimum absolute atomic E-state index is 0.111. The van der Waals surface area contributed by atoms with E-state index < -0.39 is 12.0 Å². The summed E-state index contributed by atoms with van der Waals surface area (Å²) in [5.41, 5.74) is 9.98. The summed E-state index contributed by atoms with van der Waals surface area (Å²) < 4.78 is 15.1. The number of fused-ring (bicyclic) bond motifs is 1. The molecule has 0 bridgehead atoms. The molecule has 1 atom stereocenters. The lowest BCUT2D eigenvalue weighted by molar-refractivity contribution is -0.605. The monoisotopic (exact) mass is 589 g/mol. The fraction of sp³-hybridized carbons (Fsp3) is 0.233. The molecule has 1 aliphatic rings. The Kier molecular flexibility index (Phi) is 7.53. The minimum Gasteiger partial charge on any atom is -0.619 e. The molecule has 3 N–H and O–H groups in total. The summed E-state index contributed by atoms with van der Waals surface area (Å²) in [5.74, 6) is 0.419. The molecule has 210 valence electrons. The van der Waals surface area contributed by atoms with Gasteiger partial charge in [0.05, 0.1) is 16.1 Å². The molecule has 6 rings (SSSR count). The van der Waals surface area contributed by atoms with Crippen LogP contribution in [-0.2, 0) is 0 Å². The molecule has 0 unspecified atom stereocenters. The number of hydrogen-bond acceptors (Lipinski definition) is 7. The number of halogens is 1. The lowest BCUT2D eigenvalue weighted by Crippen LogP contribution is -2.34. The number of carbonyl (C=O) groups is 1. The first kappa shape index (κ1) is 27.1. The van der Waals surface area contributed by atoms with Crippen LogP contribution in [0.2, 0.25) is 5.02 Å². The lowest BCUT2D eigenvalue weighted by atomic mass is 10.1. The van der Waals surface area contributed by atoms with Crippen molar-refractivity contribution in [3.05, 3.63) is 94.0 Å². The van der Waals surface area contributed by atoms with Crippen molar-refractivity contribution in [1.82, 2.24) is 14.9 Å². The summed E-state index contributed by atoms with van der Waals surface area (Å²) in [4.78, 5) is 17.3. The molecule has 0 aliphatic carbocycles. The van der Waals surface area contributed by atoms with Gasteiger partial charge in [-0.15, -0.1) is 11.3 Å². The van der Waals surface area contributed by atoms with Gasteiger partial charge in [0.1, 0.15) is 39.9 Å². The van der Waals surface area contributed by atoms with Gasteiger partial charge in [-0.05, 0) is 62.2 Å². The zero-order chi connectivity index (χ0) is 28.5. The van der Waals surface area contributed by atoms with Gasteiger partial charge in [-0.25, -0.2) is 4.98 Å². The SMILES string of the molecule is C[C@@H](Oc1cc(-n2cnc3cc(-c4cc[n+]([O-])cc4)ccc32)sc1C(N)=O)c1cccc(OC2CCNCC2)c1Cl. The van der Waals surface area contributed by atoms with Crippen molar-refractivity contribution in [2.24, 2.45) is 5.73 Å². The van der Waals surface area contributed by atoms with E-state index in [2.05, 4.69) is 10.3 Å². The summed E-state index contributed by atoms with van der Waals surface area (Å²) in [6.07, 6.45) is 6.10. The summed E-state index contributed by atoms with van der Waals surface area (Å²) in [6.45, 7) is 3.71. The second-order valence-electron chi connectivity index (χ2n) is 9.89. The first-order valence-corrected chi connectivity index (χ1v) is 14.5. The number of amides is 1. The molecule has 1 aliphatic heterocycles. The Labute approximate surface area is 245 Å². The van der Waals surface area contributed by atoms with E-state index in [-0.39, 0.29) is 6.10 Å². The highest BCUT2D eigenvalue weighted by atomic mass is 35.5. The molecule has 5 aromatic rings. The predicted octanol–water partition coefficient (Wildman–Crippen LogP) is 5.41. The minimum atomic E-state index is -0.580. The van der Waals surface area contributed by atoms with Crippen LogP contribution in [0, 0.1) is 5.21 Å². The highest BCUT2D eigenvalue weighted by Gasteiger charge is 2.23. The standard InChI is InChI=1S/C30H28ClN5O4S/c1-18(22-3-2-4-25(28(22)31)40-21-7-11-33-12-8-21)39-26-16-27(41-29(26)30(32)37)36-17-34-23-15-20(5-6-24(23)36)19-9-13-35(38)14-10-19/h2-6,9-10,13-18,21,33H,7-8,11-12H2,1H3,(H2,32,37)/t18-/m1/s1. The number of primary amides is 1. The Bertz CT molecular complexity index is 1710. The summed E-state index contributed by atoms with van der Waals surface area (Å²) in [5, 5.41) is 16.0. The van der Waals surface area contributed by atoms with Gasteiger partial charge < -0.3 is 25.7 Å². The van der Waals surface area contributed by atoms with Gasteiger partial charge in [0, 0.05) is 23.8 Å². The quantitative estimate of drug-likeness (QED) is 0.184. The molecule has 1 saturated heterocycles. The summed E-state index contributed by atoms with van der Waals surface area (Å²) >= 11 is 8.00. The van der Waals surface area contributed by atoms with Gasteiger partial charge in [0.25, 0.3) is 5.91 Å². The Morgan fingerprint density at radius 2 is 1.93 bits per heavy atom. The van der Waals surface area contributed by atoms with Crippen LogP contribution in [0.3, 0.4) is 0 Å². The van der Waals surface area contributed by atoms with Gasteiger partial charge in [-0.2, -0.15) is 4.73 Å². The van der Waals surface area contributed by atoms with Crippen molar-refractivity contribution < 1.29 is 19.0 Å². The molecule has 41 heavy (non-hydrogen) atoms. The summed E-state index contributed by atoms with van der Waals surface area (Å²) in [6, 6.07) is 16.8. The maximum absolute atomic E-state index is 12.4. The van der Waals surface area contributed by atoms with E-state index in [9.17, 15) is 10.0 Å². The Balaban J connectivity index is 1.27. The van der Waals surface area contributed by atoms with E-state index in [0.717, 1.165) is 63.4 Å². The first-order chi connectivity index (χ1) is 19.9. The van der Waals surface area contributed by atoms with Gasteiger partial charge in [0.2, 0.25) is 0 Å². The van der Waals surface area contributed by atoms with Crippen LogP contribution in [0.4, 0.5) is 0 Å².